The summed E-state index contributed by atoms with van der Waals surface area (Å²) in [6.07, 6.45) is 5.68. The van der Waals surface area contributed by atoms with Gasteiger partial charge < -0.3 is 4.74 Å². The number of unbranched alkanes of at least 4 members (excludes halogenated alkanes) is 2. The minimum Gasteiger partial charge on any atom is -0.375 e. The van der Waals surface area contributed by atoms with Gasteiger partial charge in [-0.3, -0.25) is 11.3 Å². The lowest BCUT2D eigenvalue weighted by Gasteiger charge is -2.28. The fourth-order valence-electron chi connectivity index (χ4n) is 2.99. The maximum Gasteiger partial charge on any atom is 0.0597 e. The van der Waals surface area contributed by atoms with Crippen LogP contribution in [0.25, 0.3) is 0 Å². The average molecular weight is 228 g/mol. The summed E-state index contributed by atoms with van der Waals surface area (Å²) in [4.78, 5) is 0. The Morgan fingerprint density at radius 1 is 1.19 bits per heavy atom. The molecule has 0 saturated carbocycles. The number of nitrogens with one attached hydrogen (secondary N) is 1. The molecule has 5 unspecified atom stereocenters. The molecule has 1 saturated heterocycles. The van der Waals surface area contributed by atoms with Crippen molar-refractivity contribution in [3.8, 4) is 0 Å². The van der Waals surface area contributed by atoms with E-state index in [0.29, 0.717) is 30.1 Å². The van der Waals surface area contributed by atoms with Crippen molar-refractivity contribution in [3.05, 3.63) is 0 Å². The molecule has 16 heavy (non-hydrogen) atoms. The summed E-state index contributed by atoms with van der Waals surface area (Å²) in [6.45, 7) is 8.86. The standard InChI is InChI=1S/C13H28N2O/c1-5-6-7-8-12(15-14)13-9(2)10(3)16-11(13)4/h9-13,15H,5-8,14H2,1-4H3. The number of ether oxygens (including phenoxy) is 1. The lowest BCUT2D eigenvalue weighted by molar-refractivity contribution is 0.0471. The van der Waals surface area contributed by atoms with Crippen LogP contribution >= 0.6 is 0 Å². The van der Waals surface area contributed by atoms with Crippen molar-refractivity contribution in [1.82, 2.24) is 5.43 Å². The summed E-state index contributed by atoms with van der Waals surface area (Å²) in [5.41, 5.74) is 3.00. The van der Waals surface area contributed by atoms with Crippen LogP contribution < -0.4 is 11.3 Å². The molecule has 0 amide bonds. The van der Waals surface area contributed by atoms with E-state index in [4.69, 9.17) is 10.6 Å². The van der Waals surface area contributed by atoms with E-state index in [9.17, 15) is 0 Å². The number of rotatable bonds is 6. The summed E-state index contributed by atoms with van der Waals surface area (Å²) in [5, 5.41) is 0. The highest BCUT2D eigenvalue weighted by atomic mass is 16.5. The Morgan fingerprint density at radius 3 is 2.31 bits per heavy atom. The van der Waals surface area contributed by atoms with Crippen LogP contribution in [0.2, 0.25) is 0 Å². The molecule has 3 N–H and O–H groups in total. The van der Waals surface area contributed by atoms with Gasteiger partial charge in [0.2, 0.25) is 0 Å². The van der Waals surface area contributed by atoms with Crippen LogP contribution in [0.1, 0.15) is 53.4 Å². The topological polar surface area (TPSA) is 47.3 Å². The van der Waals surface area contributed by atoms with Crippen molar-refractivity contribution in [2.24, 2.45) is 17.7 Å². The Hall–Kier alpha value is -0.120. The van der Waals surface area contributed by atoms with Gasteiger partial charge >= 0.3 is 0 Å². The van der Waals surface area contributed by atoms with Crippen LogP contribution in [0.4, 0.5) is 0 Å². The summed E-state index contributed by atoms with van der Waals surface area (Å²) in [6, 6.07) is 0.404. The smallest absolute Gasteiger partial charge is 0.0597 e. The second-order valence-electron chi connectivity index (χ2n) is 5.25. The molecule has 1 aliphatic rings. The molecule has 1 rings (SSSR count). The molecule has 0 bridgehead atoms. The highest BCUT2D eigenvalue weighted by Crippen LogP contribution is 2.35. The van der Waals surface area contributed by atoms with Crippen LogP contribution in [-0.4, -0.2) is 18.2 Å². The molecule has 3 nitrogen and oxygen atoms in total. The molecule has 96 valence electrons. The van der Waals surface area contributed by atoms with Gasteiger partial charge in [0.05, 0.1) is 12.2 Å². The summed E-state index contributed by atoms with van der Waals surface area (Å²) in [7, 11) is 0. The van der Waals surface area contributed by atoms with E-state index in [0.717, 1.165) is 0 Å². The van der Waals surface area contributed by atoms with Crippen LogP contribution in [0.15, 0.2) is 0 Å². The highest BCUT2D eigenvalue weighted by molar-refractivity contribution is 4.90. The summed E-state index contributed by atoms with van der Waals surface area (Å²) < 4.78 is 5.88. The second-order valence-corrected chi connectivity index (χ2v) is 5.25. The third kappa shape index (κ3) is 3.19. The second kappa shape index (κ2) is 6.58. The molecule has 0 aromatic heterocycles. The predicted octanol–water partition coefficient (Wildman–Crippen LogP) is 2.46. The zero-order chi connectivity index (χ0) is 12.1. The number of hydrogen-bond donors (Lipinski definition) is 2. The normalized spacial score (nSPS) is 36.6. The van der Waals surface area contributed by atoms with E-state index in [1.54, 1.807) is 0 Å². The van der Waals surface area contributed by atoms with Gasteiger partial charge in [-0.25, -0.2) is 0 Å². The first-order chi connectivity index (χ1) is 7.61. The van der Waals surface area contributed by atoms with Gasteiger partial charge in [-0.1, -0.05) is 33.1 Å². The first kappa shape index (κ1) is 13.9. The van der Waals surface area contributed by atoms with Gasteiger partial charge in [-0.15, -0.1) is 0 Å². The quantitative estimate of drug-likeness (QED) is 0.417. The number of hydrogen-bond acceptors (Lipinski definition) is 3. The lowest BCUT2D eigenvalue weighted by Crippen LogP contribution is -2.45. The number of nitrogens with two attached hydrogens (primary N) is 1. The third-order valence-corrected chi connectivity index (χ3v) is 4.12. The molecular weight excluding hydrogens is 200 g/mol. The predicted molar refractivity (Wildman–Crippen MR) is 67.9 cm³/mol. The Labute approximate surface area is 100 Å². The molecule has 0 aromatic carbocycles. The maximum absolute atomic E-state index is 5.88. The molecule has 1 aliphatic heterocycles. The van der Waals surface area contributed by atoms with Crippen molar-refractivity contribution in [3.63, 3.8) is 0 Å². The van der Waals surface area contributed by atoms with Gasteiger partial charge in [0.1, 0.15) is 0 Å². The minimum absolute atomic E-state index is 0.327. The third-order valence-electron chi connectivity index (χ3n) is 4.12. The molecule has 0 aromatic rings. The van der Waals surface area contributed by atoms with Gasteiger partial charge in [0.25, 0.3) is 0 Å². The molecule has 0 spiro atoms. The van der Waals surface area contributed by atoms with Crippen LogP contribution in [0, 0.1) is 11.8 Å². The van der Waals surface area contributed by atoms with Crippen LogP contribution in [0.3, 0.4) is 0 Å². The number of hydrazine groups is 1. The monoisotopic (exact) mass is 228 g/mol. The Bertz CT molecular complexity index is 198. The molecule has 0 aliphatic carbocycles. The summed E-state index contributed by atoms with van der Waals surface area (Å²) in [5.74, 6) is 6.85. The zero-order valence-corrected chi connectivity index (χ0v) is 11.2. The lowest BCUT2D eigenvalue weighted by atomic mass is 9.81. The van der Waals surface area contributed by atoms with E-state index in [-0.39, 0.29) is 0 Å². The van der Waals surface area contributed by atoms with E-state index in [1.807, 2.05) is 0 Å². The molecule has 1 fully saturated rings. The maximum atomic E-state index is 5.88. The average Bonchev–Trinajstić information content (AvgIpc) is 2.50. The van der Waals surface area contributed by atoms with Crippen molar-refractivity contribution < 1.29 is 4.74 Å². The van der Waals surface area contributed by atoms with Crippen molar-refractivity contribution in [1.29, 1.82) is 0 Å². The van der Waals surface area contributed by atoms with E-state index in [2.05, 4.69) is 33.1 Å². The largest absolute Gasteiger partial charge is 0.375 e. The van der Waals surface area contributed by atoms with E-state index < -0.39 is 0 Å². The molecular formula is C13H28N2O. The molecule has 5 atom stereocenters. The van der Waals surface area contributed by atoms with Gasteiger partial charge in [-0.2, -0.15) is 0 Å². The Morgan fingerprint density at radius 2 is 1.88 bits per heavy atom. The molecule has 0 radical (unpaired) electrons. The SMILES string of the molecule is CCCCCC(NN)C1C(C)OC(C)C1C. The van der Waals surface area contributed by atoms with Crippen molar-refractivity contribution >= 4 is 0 Å². The molecule has 3 heteroatoms. The highest BCUT2D eigenvalue weighted by Gasteiger charge is 2.40. The minimum atomic E-state index is 0.327. The first-order valence-corrected chi connectivity index (χ1v) is 6.73. The van der Waals surface area contributed by atoms with E-state index >= 15 is 0 Å². The van der Waals surface area contributed by atoms with Crippen LogP contribution in [0.5, 0.6) is 0 Å². The molecule has 1 heterocycles. The summed E-state index contributed by atoms with van der Waals surface area (Å²) >= 11 is 0. The fraction of sp³-hybridized carbons (Fsp3) is 1.00. The first-order valence-electron chi connectivity index (χ1n) is 6.73. The zero-order valence-electron chi connectivity index (χ0n) is 11.2. The van der Waals surface area contributed by atoms with Crippen molar-refractivity contribution in [2.75, 3.05) is 0 Å². The van der Waals surface area contributed by atoms with Gasteiger partial charge in [0, 0.05) is 12.0 Å². The van der Waals surface area contributed by atoms with Gasteiger partial charge in [-0.05, 0) is 26.2 Å². The Balaban J connectivity index is 2.51. The van der Waals surface area contributed by atoms with Crippen molar-refractivity contribution in [2.45, 2.75) is 71.6 Å². The fourth-order valence-corrected chi connectivity index (χ4v) is 2.99. The van der Waals surface area contributed by atoms with Gasteiger partial charge in [0.15, 0.2) is 0 Å². The van der Waals surface area contributed by atoms with Crippen LogP contribution in [-0.2, 0) is 4.74 Å². The Kier molecular flexibility index (Phi) is 5.73. The van der Waals surface area contributed by atoms with E-state index in [1.165, 1.54) is 25.7 Å².